The van der Waals surface area contributed by atoms with E-state index < -0.39 is 0 Å². The van der Waals surface area contributed by atoms with Crippen LogP contribution >= 0.6 is 0 Å². The largest absolute Gasteiger partial charge is 0.325 e. The van der Waals surface area contributed by atoms with Crippen LogP contribution in [0.2, 0.25) is 0 Å². The minimum Gasteiger partial charge on any atom is -0.325 e. The van der Waals surface area contributed by atoms with Gasteiger partial charge in [0.15, 0.2) is 0 Å². The van der Waals surface area contributed by atoms with E-state index in [0.29, 0.717) is 5.92 Å². The van der Waals surface area contributed by atoms with Crippen LogP contribution in [0.15, 0.2) is 24.5 Å². The lowest BCUT2D eigenvalue weighted by atomic mass is 9.73. The Balaban J connectivity index is 1.65. The number of nitrogens with zero attached hydrogens (tertiary/aromatic N) is 3. The van der Waals surface area contributed by atoms with E-state index >= 15 is 0 Å². The van der Waals surface area contributed by atoms with Gasteiger partial charge in [-0.25, -0.2) is 9.97 Å². The SMILES string of the molecule is CCNCc1cccc2c1C1(CCNCC1)CN2c1ncnc2c1[C@H](C)CC2. The molecule has 3 heterocycles. The molecule has 0 saturated carbocycles. The van der Waals surface area contributed by atoms with Crippen LogP contribution in [0.5, 0.6) is 0 Å². The standard InChI is InChI=1S/C23H31N5/c1-3-24-13-17-5-4-6-19-21(17)23(9-11-25-12-10-23)14-28(19)22-20-16(2)7-8-18(20)26-15-27-22/h4-6,15-16,24-25H,3,7-14H2,1-2H3/t16-/m1/s1. The fraction of sp³-hybridized carbons (Fsp3) is 0.565. The zero-order chi connectivity index (χ0) is 19.1. The van der Waals surface area contributed by atoms with Crippen molar-refractivity contribution in [1.29, 1.82) is 0 Å². The lowest BCUT2D eigenvalue weighted by molar-refractivity contribution is 0.327. The highest BCUT2D eigenvalue weighted by Gasteiger charge is 2.46. The summed E-state index contributed by atoms with van der Waals surface area (Å²) >= 11 is 0. The van der Waals surface area contributed by atoms with Crippen LogP contribution < -0.4 is 15.5 Å². The van der Waals surface area contributed by atoms with Crippen molar-refractivity contribution < 1.29 is 0 Å². The molecule has 1 spiro atoms. The Bertz CT molecular complexity index is 871. The van der Waals surface area contributed by atoms with Crippen LogP contribution in [0, 0.1) is 0 Å². The second kappa shape index (κ2) is 7.12. The van der Waals surface area contributed by atoms with E-state index in [-0.39, 0.29) is 5.41 Å². The molecule has 0 radical (unpaired) electrons. The minimum absolute atomic E-state index is 0.228. The highest BCUT2D eigenvalue weighted by Crippen LogP contribution is 2.51. The molecular weight excluding hydrogens is 346 g/mol. The number of aryl methyl sites for hydroxylation is 1. The van der Waals surface area contributed by atoms with Crippen molar-refractivity contribution in [1.82, 2.24) is 20.6 Å². The van der Waals surface area contributed by atoms with Gasteiger partial charge in [0.05, 0.1) is 0 Å². The quantitative estimate of drug-likeness (QED) is 0.855. The van der Waals surface area contributed by atoms with Crippen molar-refractivity contribution in [3.63, 3.8) is 0 Å². The molecule has 5 heteroatoms. The van der Waals surface area contributed by atoms with Crippen LogP contribution in [-0.4, -0.2) is 36.1 Å². The maximum atomic E-state index is 4.84. The van der Waals surface area contributed by atoms with Crippen molar-refractivity contribution in [3.05, 3.63) is 46.9 Å². The normalized spacial score (nSPS) is 22.5. The first-order valence-corrected chi connectivity index (χ1v) is 10.9. The average Bonchev–Trinajstić information content (AvgIpc) is 3.26. The molecule has 1 aliphatic carbocycles. The fourth-order valence-electron chi connectivity index (χ4n) is 5.64. The van der Waals surface area contributed by atoms with Gasteiger partial charge in [0.25, 0.3) is 0 Å². The van der Waals surface area contributed by atoms with Crippen molar-refractivity contribution in [2.45, 2.75) is 57.4 Å². The average molecular weight is 378 g/mol. The van der Waals surface area contributed by atoms with E-state index in [1.54, 1.807) is 11.9 Å². The van der Waals surface area contributed by atoms with Crippen molar-refractivity contribution in [2.75, 3.05) is 31.1 Å². The first-order valence-electron chi connectivity index (χ1n) is 10.9. The fourth-order valence-corrected chi connectivity index (χ4v) is 5.64. The molecule has 1 aromatic heterocycles. The smallest absolute Gasteiger partial charge is 0.140 e. The number of nitrogens with one attached hydrogen (secondary N) is 2. The van der Waals surface area contributed by atoms with E-state index in [1.807, 2.05) is 0 Å². The molecule has 1 atom stereocenters. The Morgan fingerprint density at radius 2 is 2.11 bits per heavy atom. The van der Waals surface area contributed by atoms with Gasteiger partial charge in [-0.2, -0.15) is 0 Å². The maximum absolute atomic E-state index is 4.84. The summed E-state index contributed by atoms with van der Waals surface area (Å²) in [6.07, 6.45) is 6.45. The van der Waals surface area contributed by atoms with Crippen LogP contribution in [0.1, 0.15) is 61.4 Å². The zero-order valence-corrected chi connectivity index (χ0v) is 17.1. The summed E-state index contributed by atoms with van der Waals surface area (Å²) in [5.74, 6) is 1.71. The van der Waals surface area contributed by atoms with Crippen LogP contribution in [0.25, 0.3) is 0 Å². The molecular formula is C23H31N5. The highest BCUT2D eigenvalue weighted by atomic mass is 15.2. The number of anilines is 2. The minimum atomic E-state index is 0.228. The van der Waals surface area contributed by atoms with E-state index in [0.717, 1.165) is 45.0 Å². The van der Waals surface area contributed by atoms with E-state index in [9.17, 15) is 0 Å². The van der Waals surface area contributed by atoms with Gasteiger partial charge in [0, 0.05) is 35.4 Å². The monoisotopic (exact) mass is 377 g/mol. The second-order valence-corrected chi connectivity index (χ2v) is 8.71. The topological polar surface area (TPSA) is 53.1 Å². The Morgan fingerprint density at radius 1 is 1.25 bits per heavy atom. The molecule has 2 aliphatic heterocycles. The van der Waals surface area contributed by atoms with E-state index in [1.165, 1.54) is 41.8 Å². The second-order valence-electron chi connectivity index (χ2n) is 8.71. The summed E-state index contributed by atoms with van der Waals surface area (Å²) in [4.78, 5) is 12.0. The van der Waals surface area contributed by atoms with Crippen LogP contribution in [0.4, 0.5) is 11.5 Å². The first-order chi connectivity index (χ1) is 13.7. The molecule has 148 valence electrons. The van der Waals surface area contributed by atoms with Gasteiger partial charge in [-0.1, -0.05) is 26.0 Å². The van der Waals surface area contributed by atoms with Gasteiger partial charge in [-0.05, 0) is 68.4 Å². The lowest BCUT2D eigenvalue weighted by Gasteiger charge is -2.36. The van der Waals surface area contributed by atoms with Crippen molar-refractivity contribution in [3.8, 4) is 0 Å². The molecule has 0 unspecified atom stereocenters. The molecule has 3 aliphatic rings. The number of benzene rings is 1. The third-order valence-corrected chi connectivity index (χ3v) is 7.04. The molecule has 2 aromatic rings. The van der Waals surface area contributed by atoms with Gasteiger partial charge in [0.1, 0.15) is 12.1 Å². The summed E-state index contributed by atoms with van der Waals surface area (Å²) in [5.41, 5.74) is 7.27. The molecule has 0 bridgehead atoms. The zero-order valence-electron chi connectivity index (χ0n) is 17.1. The maximum Gasteiger partial charge on any atom is 0.140 e. The highest BCUT2D eigenvalue weighted by molar-refractivity contribution is 5.75. The summed E-state index contributed by atoms with van der Waals surface area (Å²) < 4.78 is 0. The molecule has 0 amide bonds. The third-order valence-electron chi connectivity index (χ3n) is 7.04. The summed E-state index contributed by atoms with van der Waals surface area (Å²) in [7, 11) is 0. The molecule has 1 fully saturated rings. The summed E-state index contributed by atoms with van der Waals surface area (Å²) in [6.45, 7) is 9.70. The number of hydrogen-bond donors (Lipinski definition) is 2. The Morgan fingerprint density at radius 3 is 2.93 bits per heavy atom. The summed E-state index contributed by atoms with van der Waals surface area (Å²) in [6, 6.07) is 6.86. The van der Waals surface area contributed by atoms with Crippen molar-refractivity contribution >= 4 is 11.5 Å². The number of aromatic nitrogens is 2. The van der Waals surface area contributed by atoms with E-state index in [2.05, 4.69) is 52.6 Å². The Labute approximate surface area is 168 Å². The molecule has 5 nitrogen and oxygen atoms in total. The van der Waals surface area contributed by atoms with Gasteiger partial charge < -0.3 is 15.5 Å². The molecule has 1 aromatic carbocycles. The molecule has 2 N–H and O–H groups in total. The van der Waals surface area contributed by atoms with Crippen LogP contribution in [0.3, 0.4) is 0 Å². The molecule has 1 saturated heterocycles. The first kappa shape index (κ1) is 18.1. The number of piperidine rings is 1. The van der Waals surface area contributed by atoms with Crippen molar-refractivity contribution in [2.24, 2.45) is 0 Å². The Kier molecular flexibility index (Phi) is 4.60. The van der Waals surface area contributed by atoms with Gasteiger partial charge in [-0.15, -0.1) is 0 Å². The van der Waals surface area contributed by atoms with Gasteiger partial charge >= 0.3 is 0 Å². The Hall–Kier alpha value is -1.98. The van der Waals surface area contributed by atoms with Gasteiger partial charge in [-0.3, -0.25) is 0 Å². The molecule has 5 rings (SSSR count). The third kappa shape index (κ3) is 2.75. The number of fused-ring (bicyclic) bond motifs is 3. The number of rotatable bonds is 4. The molecule has 28 heavy (non-hydrogen) atoms. The van der Waals surface area contributed by atoms with Gasteiger partial charge in [0.2, 0.25) is 0 Å². The van der Waals surface area contributed by atoms with E-state index in [4.69, 9.17) is 4.98 Å². The van der Waals surface area contributed by atoms with Crippen LogP contribution in [-0.2, 0) is 18.4 Å². The lowest BCUT2D eigenvalue weighted by Crippen LogP contribution is -2.43. The summed E-state index contributed by atoms with van der Waals surface area (Å²) in [5, 5.41) is 7.13. The number of hydrogen-bond acceptors (Lipinski definition) is 5. The predicted octanol–water partition coefficient (Wildman–Crippen LogP) is 3.41. The predicted molar refractivity (Wildman–Crippen MR) is 113 cm³/mol.